The van der Waals surface area contributed by atoms with E-state index in [9.17, 15) is 9.59 Å². The maximum absolute atomic E-state index is 13.3. The minimum atomic E-state index is -0.197. The molecule has 9 heteroatoms. The highest BCUT2D eigenvalue weighted by Crippen LogP contribution is 2.30. The fraction of sp³-hybridized carbons (Fsp3) is 0.273. The van der Waals surface area contributed by atoms with Crippen molar-refractivity contribution < 1.29 is 14.3 Å². The summed E-state index contributed by atoms with van der Waals surface area (Å²) < 4.78 is 6.84. The van der Waals surface area contributed by atoms with Crippen LogP contribution in [0, 0.1) is 6.92 Å². The SMILES string of the molecule is COc1cncc(C(=O)Cc2cnn3c2C(=O)N(c2ccc(C)c(Cl)c2)C[C@@H]3C)c1.S. The second kappa shape index (κ2) is 9.11. The maximum atomic E-state index is 13.3. The number of hydrogen-bond acceptors (Lipinski definition) is 5. The largest absolute Gasteiger partial charge is 0.495 e. The van der Waals surface area contributed by atoms with Crippen LogP contribution >= 0.6 is 25.1 Å². The molecule has 0 N–H and O–H groups in total. The van der Waals surface area contributed by atoms with Crippen LogP contribution < -0.4 is 9.64 Å². The van der Waals surface area contributed by atoms with Crippen molar-refractivity contribution >= 4 is 42.5 Å². The molecule has 0 saturated carbocycles. The number of rotatable bonds is 5. The Kier molecular flexibility index (Phi) is 6.71. The summed E-state index contributed by atoms with van der Waals surface area (Å²) in [6, 6.07) is 7.16. The van der Waals surface area contributed by atoms with Gasteiger partial charge in [-0.1, -0.05) is 17.7 Å². The molecule has 0 bridgehead atoms. The van der Waals surface area contributed by atoms with E-state index in [1.807, 2.05) is 26.0 Å². The zero-order valence-corrected chi connectivity index (χ0v) is 19.2. The Morgan fingerprint density at radius 3 is 2.74 bits per heavy atom. The highest BCUT2D eigenvalue weighted by atomic mass is 35.5. The number of fused-ring (bicyclic) bond motifs is 1. The van der Waals surface area contributed by atoms with Crippen molar-refractivity contribution in [1.29, 1.82) is 0 Å². The van der Waals surface area contributed by atoms with Gasteiger partial charge in [0, 0.05) is 41.0 Å². The molecule has 0 spiro atoms. The lowest BCUT2D eigenvalue weighted by Gasteiger charge is -2.32. The fourth-order valence-electron chi connectivity index (χ4n) is 3.58. The first kappa shape index (κ1) is 22.8. The monoisotopic (exact) mass is 458 g/mol. The molecule has 7 nitrogen and oxygen atoms in total. The third kappa shape index (κ3) is 4.31. The van der Waals surface area contributed by atoms with Crippen molar-refractivity contribution in [2.75, 3.05) is 18.6 Å². The molecule has 3 aromatic rings. The number of carbonyl (C=O) groups is 2. The van der Waals surface area contributed by atoms with Crippen LogP contribution in [0.15, 0.2) is 42.9 Å². The van der Waals surface area contributed by atoms with Crippen molar-refractivity contribution in [2.45, 2.75) is 26.3 Å². The molecule has 1 amide bonds. The Labute approximate surface area is 192 Å². The molecule has 1 aliphatic rings. The van der Waals surface area contributed by atoms with E-state index in [1.54, 1.807) is 27.9 Å². The van der Waals surface area contributed by atoms with E-state index in [1.165, 1.54) is 19.5 Å². The normalized spacial score (nSPS) is 15.3. The molecular weight excluding hydrogens is 436 g/mol. The predicted molar refractivity (Wildman–Crippen MR) is 124 cm³/mol. The molecule has 1 aliphatic heterocycles. The van der Waals surface area contributed by atoms with Crippen molar-refractivity contribution in [3.8, 4) is 5.75 Å². The van der Waals surface area contributed by atoms with E-state index in [0.29, 0.717) is 34.1 Å². The molecule has 1 atom stereocenters. The standard InChI is InChI=1S/C22H21ClN4O3.H2S/c1-13-4-5-17(8-19(13)23)26-12-14(2)27-21(22(26)29)16(10-25-27)7-20(28)15-6-18(30-3)11-24-9-15;/h4-6,8-11,14H,7,12H2,1-3H3;1H2/t14-;/m0./s1. The van der Waals surface area contributed by atoms with Gasteiger partial charge in [-0.3, -0.25) is 19.3 Å². The summed E-state index contributed by atoms with van der Waals surface area (Å²) in [4.78, 5) is 31.9. The summed E-state index contributed by atoms with van der Waals surface area (Å²) in [6.45, 7) is 4.38. The summed E-state index contributed by atoms with van der Waals surface area (Å²) in [5.74, 6) is 0.148. The Morgan fingerprint density at radius 2 is 2.03 bits per heavy atom. The minimum absolute atomic E-state index is 0. The molecule has 0 aliphatic carbocycles. The third-order valence-electron chi connectivity index (χ3n) is 5.27. The summed E-state index contributed by atoms with van der Waals surface area (Å²) in [5.41, 5.74) is 3.11. The average Bonchev–Trinajstić information content (AvgIpc) is 3.17. The lowest BCUT2D eigenvalue weighted by molar-refractivity contribution is 0.0951. The van der Waals surface area contributed by atoms with Gasteiger partial charge < -0.3 is 9.64 Å². The van der Waals surface area contributed by atoms with Crippen LogP contribution in [0.25, 0.3) is 0 Å². The van der Waals surface area contributed by atoms with Crippen LogP contribution in [0.1, 0.15) is 44.9 Å². The molecule has 31 heavy (non-hydrogen) atoms. The third-order valence-corrected chi connectivity index (χ3v) is 5.68. The Balaban J connectivity index is 0.00000272. The Morgan fingerprint density at radius 1 is 1.26 bits per heavy atom. The molecule has 0 unspecified atom stereocenters. The van der Waals surface area contributed by atoms with Gasteiger partial charge in [0.2, 0.25) is 0 Å². The number of benzene rings is 1. The number of nitrogens with zero attached hydrogens (tertiary/aromatic N) is 4. The van der Waals surface area contributed by atoms with Gasteiger partial charge in [-0.05, 0) is 37.6 Å². The van der Waals surface area contributed by atoms with Gasteiger partial charge in [0.15, 0.2) is 5.78 Å². The number of ether oxygens (including phenoxy) is 1. The van der Waals surface area contributed by atoms with Crippen LogP contribution in [0.2, 0.25) is 5.02 Å². The van der Waals surface area contributed by atoms with Crippen LogP contribution in [-0.2, 0) is 6.42 Å². The first-order valence-corrected chi connectivity index (χ1v) is 9.93. The number of aryl methyl sites for hydroxylation is 1. The Hall–Kier alpha value is -2.84. The number of anilines is 1. The van der Waals surface area contributed by atoms with Gasteiger partial charge in [0.25, 0.3) is 5.91 Å². The molecule has 2 aromatic heterocycles. The van der Waals surface area contributed by atoms with Crippen molar-refractivity contribution in [1.82, 2.24) is 14.8 Å². The van der Waals surface area contributed by atoms with Gasteiger partial charge in [0.1, 0.15) is 11.4 Å². The van der Waals surface area contributed by atoms with E-state index < -0.39 is 0 Å². The smallest absolute Gasteiger partial charge is 0.276 e. The van der Waals surface area contributed by atoms with Gasteiger partial charge in [0.05, 0.1) is 25.5 Å². The number of carbonyl (C=O) groups excluding carboxylic acids is 2. The molecule has 0 fully saturated rings. The molecule has 162 valence electrons. The average molecular weight is 459 g/mol. The number of aromatic nitrogens is 3. The number of ketones is 1. The van der Waals surface area contributed by atoms with Crippen molar-refractivity contribution in [3.05, 3.63) is 70.3 Å². The van der Waals surface area contributed by atoms with E-state index in [4.69, 9.17) is 16.3 Å². The molecular formula is C22H23ClN4O3S. The molecule has 1 aromatic carbocycles. The van der Waals surface area contributed by atoms with Gasteiger partial charge >= 0.3 is 0 Å². The number of pyridine rings is 1. The highest BCUT2D eigenvalue weighted by Gasteiger charge is 2.34. The maximum Gasteiger partial charge on any atom is 0.276 e. The minimum Gasteiger partial charge on any atom is -0.495 e. The second-order valence-corrected chi connectivity index (χ2v) is 7.78. The topological polar surface area (TPSA) is 77.3 Å². The Bertz CT molecular complexity index is 1150. The second-order valence-electron chi connectivity index (χ2n) is 7.37. The van der Waals surface area contributed by atoms with Crippen molar-refractivity contribution in [2.24, 2.45) is 0 Å². The number of Topliss-reactive ketones (excluding diaryl/α,β-unsaturated/α-hetero) is 1. The van der Waals surface area contributed by atoms with Gasteiger partial charge in [-0.2, -0.15) is 18.6 Å². The van der Waals surface area contributed by atoms with Crippen LogP contribution in [0.5, 0.6) is 5.75 Å². The van der Waals surface area contributed by atoms with Gasteiger partial charge in [-0.15, -0.1) is 0 Å². The summed E-state index contributed by atoms with van der Waals surface area (Å²) in [5, 5.41) is 4.98. The van der Waals surface area contributed by atoms with Crippen LogP contribution in [0.3, 0.4) is 0 Å². The zero-order valence-electron chi connectivity index (χ0n) is 17.4. The van der Waals surface area contributed by atoms with Crippen molar-refractivity contribution in [3.63, 3.8) is 0 Å². The van der Waals surface area contributed by atoms with Gasteiger partial charge in [-0.25, -0.2) is 0 Å². The number of halogens is 1. The lowest BCUT2D eigenvalue weighted by Crippen LogP contribution is -2.43. The number of methoxy groups -OCH3 is 1. The highest BCUT2D eigenvalue weighted by molar-refractivity contribution is 7.59. The zero-order chi connectivity index (χ0) is 21.4. The molecule has 4 rings (SSSR count). The first-order chi connectivity index (χ1) is 14.4. The molecule has 0 saturated heterocycles. The van der Waals surface area contributed by atoms with Crippen LogP contribution in [-0.4, -0.2) is 40.1 Å². The summed E-state index contributed by atoms with van der Waals surface area (Å²) in [6.07, 6.45) is 4.67. The van der Waals surface area contributed by atoms with E-state index in [2.05, 4.69) is 10.1 Å². The first-order valence-electron chi connectivity index (χ1n) is 9.55. The number of amides is 1. The molecule has 0 radical (unpaired) electrons. The predicted octanol–water partition coefficient (Wildman–Crippen LogP) is 4.01. The van der Waals surface area contributed by atoms with E-state index >= 15 is 0 Å². The quantitative estimate of drug-likeness (QED) is 0.540. The van der Waals surface area contributed by atoms with E-state index in [-0.39, 0.29) is 37.6 Å². The molecule has 3 heterocycles. The summed E-state index contributed by atoms with van der Waals surface area (Å²) >= 11 is 6.27. The number of hydrogen-bond donors (Lipinski definition) is 0. The fourth-order valence-corrected chi connectivity index (χ4v) is 3.75. The van der Waals surface area contributed by atoms with E-state index in [0.717, 1.165) is 11.3 Å². The lowest BCUT2D eigenvalue weighted by atomic mass is 10.0. The summed E-state index contributed by atoms with van der Waals surface area (Å²) in [7, 11) is 1.52. The van der Waals surface area contributed by atoms with Crippen LogP contribution in [0.4, 0.5) is 5.69 Å².